The molecule has 1 aromatic carbocycles. The molecule has 1 aromatic heterocycles. The van der Waals surface area contributed by atoms with E-state index in [2.05, 4.69) is 0 Å². The number of carbonyl (C=O) groups excluding carboxylic acids is 3. The third kappa shape index (κ3) is 2.18. The molecule has 0 radical (unpaired) electrons. The largest absolute Gasteiger partial charge is 0.368 e. The number of aromatic nitrogens is 1. The number of carbonyl (C=O) groups is 3. The van der Waals surface area contributed by atoms with Crippen LogP contribution in [0.25, 0.3) is 0 Å². The van der Waals surface area contributed by atoms with Crippen molar-refractivity contribution in [2.45, 2.75) is 19.4 Å². The fraction of sp³-hybridized carbons (Fsp3) is 0.188. The van der Waals surface area contributed by atoms with E-state index in [1.807, 2.05) is 13.0 Å². The van der Waals surface area contributed by atoms with Crippen molar-refractivity contribution in [1.82, 2.24) is 4.57 Å². The van der Waals surface area contributed by atoms with Gasteiger partial charge < -0.3 is 5.73 Å². The van der Waals surface area contributed by atoms with Gasteiger partial charge in [0.15, 0.2) is 6.04 Å². The van der Waals surface area contributed by atoms with Crippen LogP contribution in [0.2, 0.25) is 0 Å². The van der Waals surface area contributed by atoms with Gasteiger partial charge >= 0.3 is 0 Å². The van der Waals surface area contributed by atoms with Crippen LogP contribution < -0.4 is 10.6 Å². The van der Waals surface area contributed by atoms with Crippen molar-refractivity contribution in [1.29, 1.82) is 0 Å². The molecule has 1 aliphatic heterocycles. The molecule has 0 spiro atoms. The first-order valence-electron chi connectivity index (χ1n) is 6.87. The van der Waals surface area contributed by atoms with Gasteiger partial charge in [-0.3, -0.25) is 23.9 Å². The number of hydrogen-bond acceptors (Lipinski definition) is 3. The molecule has 6 heteroatoms. The lowest BCUT2D eigenvalue weighted by Crippen LogP contribution is -2.41. The van der Waals surface area contributed by atoms with Gasteiger partial charge in [-0.05, 0) is 36.8 Å². The predicted molar refractivity (Wildman–Crippen MR) is 80.3 cm³/mol. The Morgan fingerprint density at radius 1 is 1.18 bits per heavy atom. The van der Waals surface area contributed by atoms with E-state index in [0.717, 1.165) is 5.56 Å². The average Bonchev–Trinajstić information content (AvgIpc) is 2.89. The van der Waals surface area contributed by atoms with Gasteiger partial charge in [0.25, 0.3) is 0 Å². The topological polar surface area (TPSA) is 85.4 Å². The highest BCUT2D eigenvalue weighted by Crippen LogP contribution is 2.31. The minimum atomic E-state index is -1.00. The van der Waals surface area contributed by atoms with Crippen LogP contribution in [0, 0.1) is 6.92 Å². The van der Waals surface area contributed by atoms with Crippen LogP contribution in [0.4, 0.5) is 5.69 Å². The van der Waals surface area contributed by atoms with Crippen LogP contribution in [-0.2, 0) is 9.59 Å². The molecule has 0 aliphatic carbocycles. The van der Waals surface area contributed by atoms with Crippen LogP contribution in [0.15, 0.2) is 42.6 Å². The average molecular weight is 297 g/mol. The second-order valence-corrected chi connectivity index (χ2v) is 5.28. The Morgan fingerprint density at radius 2 is 1.95 bits per heavy atom. The highest BCUT2D eigenvalue weighted by molar-refractivity contribution is 6.10. The molecule has 0 saturated carbocycles. The van der Waals surface area contributed by atoms with E-state index in [9.17, 15) is 14.4 Å². The van der Waals surface area contributed by atoms with E-state index in [1.165, 1.54) is 9.47 Å². The molecule has 2 aromatic rings. The molecule has 22 heavy (non-hydrogen) atoms. The van der Waals surface area contributed by atoms with Crippen molar-refractivity contribution in [3.63, 3.8) is 0 Å². The number of aryl methyl sites for hydroxylation is 1. The summed E-state index contributed by atoms with van der Waals surface area (Å²) in [5.41, 5.74) is 7.43. The number of amides is 2. The highest BCUT2D eigenvalue weighted by Gasteiger charge is 2.37. The fourth-order valence-corrected chi connectivity index (χ4v) is 2.76. The second kappa shape index (κ2) is 5.14. The molecule has 2 heterocycles. The van der Waals surface area contributed by atoms with Crippen molar-refractivity contribution >= 4 is 23.4 Å². The third-order valence-electron chi connectivity index (χ3n) is 3.71. The van der Waals surface area contributed by atoms with Crippen molar-refractivity contribution < 1.29 is 14.4 Å². The van der Waals surface area contributed by atoms with Gasteiger partial charge in [-0.15, -0.1) is 0 Å². The van der Waals surface area contributed by atoms with Gasteiger partial charge in [-0.1, -0.05) is 12.1 Å². The quantitative estimate of drug-likeness (QED) is 0.850. The zero-order chi connectivity index (χ0) is 15.9. The first-order chi connectivity index (χ1) is 10.5. The monoisotopic (exact) mass is 297 g/mol. The fourth-order valence-electron chi connectivity index (χ4n) is 2.76. The standard InChI is InChI=1S/C16H15N3O3/c1-10-4-2-5-11(8-10)19-14(21)9-13(20)18-7-3-6-12(18)15(19)16(17)22/h2-8,15H,9H2,1H3,(H2,17,22). The van der Waals surface area contributed by atoms with Crippen LogP contribution in [0.3, 0.4) is 0 Å². The van der Waals surface area contributed by atoms with E-state index in [1.54, 1.807) is 36.5 Å². The SMILES string of the molecule is Cc1cccc(N2C(=O)CC(=O)n3cccc3C2C(N)=O)c1. The second-order valence-electron chi connectivity index (χ2n) is 5.28. The Morgan fingerprint density at radius 3 is 2.64 bits per heavy atom. The number of fused-ring (bicyclic) bond motifs is 1. The summed E-state index contributed by atoms with van der Waals surface area (Å²) in [7, 11) is 0. The molecule has 3 rings (SSSR count). The maximum absolute atomic E-state index is 12.5. The molecule has 0 saturated heterocycles. The van der Waals surface area contributed by atoms with E-state index >= 15 is 0 Å². The number of nitrogens with zero attached hydrogens (tertiary/aromatic N) is 2. The lowest BCUT2D eigenvalue weighted by atomic mass is 10.1. The minimum absolute atomic E-state index is 0.306. The summed E-state index contributed by atoms with van der Waals surface area (Å²) in [6.07, 6.45) is 1.24. The van der Waals surface area contributed by atoms with Crippen LogP contribution in [-0.4, -0.2) is 22.3 Å². The van der Waals surface area contributed by atoms with Crippen molar-refractivity contribution in [2.75, 3.05) is 4.90 Å². The molecule has 1 aliphatic rings. The summed E-state index contributed by atoms with van der Waals surface area (Å²) in [5, 5.41) is 0. The summed E-state index contributed by atoms with van der Waals surface area (Å²) in [5.74, 6) is -1.49. The summed E-state index contributed by atoms with van der Waals surface area (Å²) in [6.45, 7) is 1.89. The number of rotatable bonds is 2. The minimum Gasteiger partial charge on any atom is -0.368 e. The van der Waals surface area contributed by atoms with Crippen LogP contribution in [0.1, 0.15) is 28.5 Å². The Kier molecular flexibility index (Phi) is 3.29. The van der Waals surface area contributed by atoms with E-state index in [0.29, 0.717) is 11.4 Å². The predicted octanol–water partition coefficient (Wildman–Crippen LogP) is 1.40. The Hall–Kier alpha value is -2.89. The van der Waals surface area contributed by atoms with Crippen LogP contribution in [0.5, 0.6) is 0 Å². The molecule has 112 valence electrons. The summed E-state index contributed by atoms with van der Waals surface area (Å²) >= 11 is 0. The van der Waals surface area contributed by atoms with Crippen molar-refractivity contribution in [3.05, 3.63) is 53.9 Å². The molecule has 0 bridgehead atoms. The zero-order valence-electron chi connectivity index (χ0n) is 12.0. The molecular weight excluding hydrogens is 282 g/mol. The van der Waals surface area contributed by atoms with Crippen molar-refractivity contribution in [3.8, 4) is 0 Å². The maximum Gasteiger partial charge on any atom is 0.246 e. The number of nitrogens with two attached hydrogens (primary N) is 1. The van der Waals surface area contributed by atoms with Crippen molar-refractivity contribution in [2.24, 2.45) is 5.73 Å². The molecule has 6 nitrogen and oxygen atoms in total. The molecule has 2 N–H and O–H groups in total. The Bertz CT molecular complexity index is 778. The van der Waals surface area contributed by atoms with Gasteiger partial charge in [-0.25, -0.2) is 0 Å². The smallest absolute Gasteiger partial charge is 0.246 e. The first-order valence-corrected chi connectivity index (χ1v) is 6.87. The third-order valence-corrected chi connectivity index (χ3v) is 3.71. The van der Waals surface area contributed by atoms with Gasteiger partial charge in [0.1, 0.15) is 6.42 Å². The number of anilines is 1. The van der Waals surface area contributed by atoms with E-state index in [4.69, 9.17) is 5.73 Å². The first kappa shape index (κ1) is 14.1. The number of hydrogen-bond donors (Lipinski definition) is 1. The lowest BCUT2D eigenvalue weighted by Gasteiger charge is -2.28. The normalized spacial score (nSPS) is 18.0. The molecule has 2 amide bonds. The molecule has 0 fully saturated rings. The summed E-state index contributed by atoms with van der Waals surface area (Å²) in [6, 6.07) is 9.49. The van der Waals surface area contributed by atoms with Gasteiger partial charge in [0.2, 0.25) is 17.7 Å². The summed E-state index contributed by atoms with van der Waals surface area (Å²) in [4.78, 5) is 38.0. The molecule has 1 unspecified atom stereocenters. The van der Waals surface area contributed by atoms with Gasteiger partial charge in [-0.2, -0.15) is 0 Å². The van der Waals surface area contributed by atoms with Gasteiger partial charge in [0, 0.05) is 11.9 Å². The summed E-state index contributed by atoms with van der Waals surface area (Å²) < 4.78 is 1.32. The van der Waals surface area contributed by atoms with Crippen LogP contribution >= 0.6 is 0 Å². The van der Waals surface area contributed by atoms with E-state index in [-0.39, 0.29) is 12.3 Å². The number of benzene rings is 1. The zero-order valence-corrected chi connectivity index (χ0v) is 12.0. The Balaban J connectivity index is 2.20. The highest BCUT2D eigenvalue weighted by atomic mass is 16.2. The molecule has 1 atom stereocenters. The van der Waals surface area contributed by atoms with Gasteiger partial charge in [0.05, 0.1) is 5.69 Å². The van der Waals surface area contributed by atoms with E-state index < -0.39 is 17.9 Å². The number of primary amides is 1. The lowest BCUT2D eigenvalue weighted by molar-refractivity contribution is -0.124. The maximum atomic E-state index is 12.5. The molecular formula is C16H15N3O3. The Labute approximate surface area is 127 Å².